The lowest BCUT2D eigenvalue weighted by Crippen LogP contribution is -2.17. The molecule has 0 bridgehead atoms. The lowest BCUT2D eigenvalue weighted by Gasteiger charge is -2.15. The largest absolute Gasteiger partial charge is 0.494 e. The first-order chi connectivity index (χ1) is 11.2. The normalized spacial score (nSPS) is 11.1. The molecule has 0 aliphatic rings. The van der Waals surface area contributed by atoms with Crippen molar-refractivity contribution < 1.29 is 9.15 Å². The van der Waals surface area contributed by atoms with Crippen molar-refractivity contribution in [2.75, 3.05) is 13.7 Å². The van der Waals surface area contributed by atoms with Crippen molar-refractivity contribution in [3.63, 3.8) is 0 Å². The summed E-state index contributed by atoms with van der Waals surface area (Å²) in [7, 11) is 2.08. The fraction of sp³-hybridized carbons (Fsp3) is 0.278. The average molecular weight is 328 g/mol. The van der Waals surface area contributed by atoms with Gasteiger partial charge in [-0.05, 0) is 43.1 Å². The molecular weight excluding hydrogens is 308 g/mol. The van der Waals surface area contributed by atoms with Gasteiger partial charge < -0.3 is 9.15 Å². The first-order valence-electron chi connectivity index (χ1n) is 7.63. The molecule has 0 aliphatic heterocycles. The molecule has 0 N–H and O–H groups in total. The molecule has 0 saturated carbocycles. The zero-order valence-electron chi connectivity index (χ0n) is 13.4. The number of aromatic nitrogens is 1. The lowest BCUT2D eigenvalue weighted by atomic mass is 10.2. The highest BCUT2D eigenvalue weighted by molar-refractivity contribution is 7.13. The minimum Gasteiger partial charge on any atom is -0.494 e. The van der Waals surface area contributed by atoms with Gasteiger partial charge in [0.15, 0.2) is 0 Å². The van der Waals surface area contributed by atoms with Crippen LogP contribution in [0, 0.1) is 0 Å². The van der Waals surface area contributed by atoms with Crippen LogP contribution in [0.15, 0.2) is 52.5 Å². The highest BCUT2D eigenvalue weighted by Gasteiger charge is 2.10. The van der Waals surface area contributed by atoms with Crippen molar-refractivity contribution in [2.45, 2.75) is 20.0 Å². The van der Waals surface area contributed by atoms with E-state index < -0.39 is 0 Å². The van der Waals surface area contributed by atoms with Crippen LogP contribution in [0.5, 0.6) is 5.75 Å². The molecule has 1 aromatic carbocycles. The molecule has 4 nitrogen and oxygen atoms in total. The van der Waals surface area contributed by atoms with Crippen molar-refractivity contribution in [2.24, 2.45) is 0 Å². The molecule has 5 heteroatoms. The minimum atomic E-state index is 0.692. The SMILES string of the molecule is CCOc1ccc(CN(C)Cc2coc(-c3cccs3)n2)cc1. The van der Waals surface area contributed by atoms with Crippen LogP contribution in [-0.4, -0.2) is 23.5 Å². The summed E-state index contributed by atoms with van der Waals surface area (Å²) in [6.45, 7) is 4.29. The Balaban J connectivity index is 1.57. The fourth-order valence-corrected chi connectivity index (χ4v) is 3.05. The van der Waals surface area contributed by atoms with Gasteiger partial charge in [0.25, 0.3) is 0 Å². The van der Waals surface area contributed by atoms with Gasteiger partial charge in [-0.1, -0.05) is 18.2 Å². The number of rotatable bonds is 7. The summed E-state index contributed by atoms with van der Waals surface area (Å²) in [4.78, 5) is 7.83. The second-order valence-electron chi connectivity index (χ2n) is 5.37. The molecule has 0 spiro atoms. The topological polar surface area (TPSA) is 38.5 Å². The van der Waals surface area contributed by atoms with Gasteiger partial charge >= 0.3 is 0 Å². The van der Waals surface area contributed by atoms with E-state index in [2.05, 4.69) is 29.1 Å². The van der Waals surface area contributed by atoms with Crippen LogP contribution in [0.4, 0.5) is 0 Å². The molecule has 0 fully saturated rings. The lowest BCUT2D eigenvalue weighted by molar-refractivity contribution is 0.314. The summed E-state index contributed by atoms with van der Waals surface area (Å²) in [5, 5.41) is 2.03. The predicted molar refractivity (Wildman–Crippen MR) is 92.6 cm³/mol. The zero-order chi connectivity index (χ0) is 16.1. The van der Waals surface area contributed by atoms with Crippen molar-refractivity contribution >= 4 is 11.3 Å². The van der Waals surface area contributed by atoms with Crippen molar-refractivity contribution in [3.05, 3.63) is 59.3 Å². The van der Waals surface area contributed by atoms with Gasteiger partial charge in [-0.2, -0.15) is 0 Å². The van der Waals surface area contributed by atoms with Crippen LogP contribution in [0.1, 0.15) is 18.2 Å². The number of benzene rings is 1. The number of hydrogen-bond donors (Lipinski definition) is 0. The Hall–Kier alpha value is -2.11. The van der Waals surface area contributed by atoms with Crippen molar-refractivity contribution in [1.29, 1.82) is 0 Å². The number of hydrogen-bond acceptors (Lipinski definition) is 5. The Labute approximate surface area is 140 Å². The standard InChI is InChI=1S/C18H20N2O2S/c1-3-21-16-8-6-14(7-9-16)11-20(2)12-15-13-22-18(19-15)17-5-4-10-23-17/h4-10,13H,3,11-12H2,1-2H3. The maximum Gasteiger partial charge on any atom is 0.236 e. The molecule has 0 saturated heterocycles. The van der Waals surface area contributed by atoms with Crippen LogP contribution in [-0.2, 0) is 13.1 Å². The molecule has 0 amide bonds. The maximum atomic E-state index is 5.56. The Morgan fingerprint density at radius 2 is 2.00 bits per heavy atom. The molecule has 3 rings (SSSR count). The maximum absolute atomic E-state index is 5.56. The second kappa shape index (κ2) is 7.44. The van der Waals surface area contributed by atoms with E-state index in [0.717, 1.165) is 29.4 Å². The minimum absolute atomic E-state index is 0.692. The Bertz CT molecular complexity index is 720. The quantitative estimate of drug-likeness (QED) is 0.643. The molecule has 0 radical (unpaired) electrons. The first-order valence-corrected chi connectivity index (χ1v) is 8.51. The summed E-state index contributed by atoms with van der Waals surface area (Å²) in [5.74, 6) is 1.61. The molecule has 23 heavy (non-hydrogen) atoms. The highest BCUT2D eigenvalue weighted by atomic mass is 32.1. The average Bonchev–Trinajstić information content (AvgIpc) is 3.20. The van der Waals surface area contributed by atoms with E-state index >= 15 is 0 Å². The number of thiophene rings is 1. The van der Waals surface area contributed by atoms with Crippen LogP contribution < -0.4 is 4.74 Å². The van der Waals surface area contributed by atoms with E-state index in [1.807, 2.05) is 36.6 Å². The summed E-state index contributed by atoms with van der Waals surface area (Å²) in [5.41, 5.74) is 2.19. The monoisotopic (exact) mass is 328 g/mol. The van der Waals surface area contributed by atoms with E-state index in [0.29, 0.717) is 12.5 Å². The van der Waals surface area contributed by atoms with Gasteiger partial charge in [0.2, 0.25) is 5.89 Å². The second-order valence-corrected chi connectivity index (χ2v) is 6.32. The molecule has 0 unspecified atom stereocenters. The number of oxazole rings is 1. The van der Waals surface area contributed by atoms with Crippen LogP contribution in [0.2, 0.25) is 0 Å². The van der Waals surface area contributed by atoms with Gasteiger partial charge in [0.1, 0.15) is 12.0 Å². The van der Waals surface area contributed by atoms with Gasteiger partial charge in [0.05, 0.1) is 17.2 Å². The third-order valence-electron chi connectivity index (χ3n) is 3.40. The van der Waals surface area contributed by atoms with Crippen molar-refractivity contribution in [1.82, 2.24) is 9.88 Å². The third-order valence-corrected chi connectivity index (χ3v) is 4.26. The molecule has 2 aromatic heterocycles. The van der Waals surface area contributed by atoms with Gasteiger partial charge in [0, 0.05) is 13.1 Å². The number of ether oxygens (including phenoxy) is 1. The van der Waals surface area contributed by atoms with E-state index in [1.54, 1.807) is 17.6 Å². The van der Waals surface area contributed by atoms with Gasteiger partial charge in [-0.3, -0.25) is 4.90 Å². The van der Waals surface area contributed by atoms with E-state index in [9.17, 15) is 0 Å². The smallest absolute Gasteiger partial charge is 0.236 e. The Morgan fingerprint density at radius 3 is 2.70 bits per heavy atom. The van der Waals surface area contributed by atoms with Crippen molar-refractivity contribution in [3.8, 4) is 16.5 Å². The highest BCUT2D eigenvalue weighted by Crippen LogP contribution is 2.24. The summed E-state index contributed by atoms with van der Waals surface area (Å²) in [6.07, 6.45) is 1.74. The first kappa shape index (κ1) is 15.8. The van der Waals surface area contributed by atoms with Gasteiger partial charge in [-0.15, -0.1) is 11.3 Å². The zero-order valence-corrected chi connectivity index (χ0v) is 14.2. The molecule has 2 heterocycles. The summed E-state index contributed by atoms with van der Waals surface area (Å²) in [6, 6.07) is 12.2. The molecule has 3 aromatic rings. The summed E-state index contributed by atoms with van der Waals surface area (Å²) < 4.78 is 11.0. The molecule has 0 aliphatic carbocycles. The van der Waals surface area contributed by atoms with E-state index in [1.165, 1.54) is 5.56 Å². The molecule has 0 atom stereocenters. The van der Waals surface area contributed by atoms with E-state index in [4.69, 9.17) is 9.15 Å². The van der Waals surface area contributed by atoms with Crippen LogP contribution in [0.3, 0.4) is 0 Å². The Kier molecular flexibility index (Phi) is 5.10. The molecular formula is C18H20N2O2S. The number of nitrogens with zero attached hydrogens (tertiary/aromatic N) is 2. The predicted octanol–water partition coefficient (Wildman–Crippen LogP) is 4.43. The fourth-order valence-electron chi connectivity index (χ4n) is 2.39. The third kappa shape index (κ3) is 4.21. The van der Waals surface area contributed by atoms with Crippen LogP contribution >= 0.6 is 11.3 Å². The van der Waals surface area contributed by atoms with E-state index in [-0.39, 0.29) is 0 Å². The van der Waals surface area contributed by atoms with Gasteiger partial charge in [-0.25, -0.2) is 4.98 Å². The Morgan fingerprint density at radius 1 is 1.17 bits per heavy atom. The summed E-state index contributed by atoms with van der Waals surface area (Å²) >= 11 is 1.63. The van der Waals surface area contributed by atoms with Crippen LogP contribution in [0.25, 0.3) is 10.8 Å². The molecule has 120 valence electrons.